The van der Waals surface area contributed by atoms with Crippen LogP contribution in [0.4, 0.5) is 0 Å². The summed E-state index contributed by atoms with van der Waals surface area (Å²) >= 11 is 0. The van der Waals surface area contributed by atoms with Gasteiger partial charge < -0.3 is 0 Å². The topological polar surface area (TPSA) is 17.1 Å². The molecule has 1 fully saturated rings. The highest BCUT2D eigenvalue weighted by atomic mass is 16.1. The van der Waals surface area contributed by atoms with Gasteiger partial charge in [0.2, 0.25) is 0 Å². The number of carbonyl (C=O) groups excluding carboxylic acids is 1. The van der Waals surface area contributed by atoms with Crippen molar-refractivity contribution < 1.29 is 4.79 Å². The Balaban J connectivity index is 1.97. The summed E-state index contributed by atoms with van der Waals surface area (Å²) in [7, 11) is 0. The highest BCUT2D eigenvalue weighted by molar-refractivity contribution is 5.97. The third kappa shape index (κ3) is 3.20. The Morgan fingerprint density at radius 1 is 1.12 bits per heavy atom. The summed E-state index contributed by atoms with van der Waals surface area (Å²) in [6.45, 7) is 4.64. The zero-order valence-electron chi connectivity index (χ0n) is 11.4. The molecule has 0 amide bonds. The molecule has 1 nitrogen and oxygen atoms in total. The lowest BCUT2D eigenvalue weighted by molar-refractivity contribution is -0.121. The van der Waals surface area contributed by atoms with Crippen LogP contribution in [-0.4, -0.2) is 5.78 Å². The number of allylic oxidation sites excluding steroid dienone is 2. The average molecular weight is 234 g/mol. The summed E-state index contributed by atoms with van der Waals surface area (Å²) in [6, 6.07) is 0. The second kappa shape index (κ2) is 5.84. The molecule has 1 saturated carbocycles. The van der Waals surface area contributed by atoms with Crippen molar-refractivity contribution in [3.8, 4) is 0 Å². The first-order chi connectivity index (χ1) is 8.18. The second-order valence-electron chi connectivity index (χ2n) is 6.16. The van der Waals surface area contributed by atoms with Crippen molar-refractivity contribution in [2.45, 2.75) is 65.2 Å². The quantitative estimate of drug-likeness (QED) is 0.686. The van der Waals surface area contributed by atoms with E-state index >= 15 is 0 Å². The number of ketones is 1. The van der Waals surface area contributed by atoms with Crippen LogP contribution in [0.5, 0.6) is 0 Å². The van der Waals surface area contributed by atoms with E-state index in [1.165, 1.54) is 25.7 Å². The normalized spacial score (nSPS) is 34.9. The molecule has 2 rings (SSSR count). The fraction of sp³-hybridized carbons (Fsp3) is 0.812. The molecule has 1 heteroatoms. The van der Waals surface area contributed by atoms with Crippen molar-refractivity contribution in [1.82, 2.24) is 0 Å². The monoisotopic (exact) mass is 234 g/mol. The first-order valence-corrected chi connectivity index (χ1v) is 7.41. The predicted octanol–water partition coefficient (Wildman–Crippen LogP) is 4.52. The Labute approximate surface area is 106 Å². The maximum Gasteiger partial charge on any atom is 0.161 e. The Hall–Kier alpha value is -0.590. The molecule has 0 heterocycles. The third-order valence-electron chi connectivity index (χ3n) is 4.83. The third-order valence-corrected chi connectivity index (χ3v) is 4.83. The van der Waals surface area contributed by atoms with E-state index in [1.807, 2.05) is 0 Å². The van der Waals surface area contributed by atoms with Gasteiger partial charge in [-0.2, -0.15) is 0 Å². The Morgan fingerprint density at radius 3 is 2.71 bits per heavy atom. The average Bonchev–Trinajstić information content (AvgIpc) is 2.60. The Bertz CT molecular complexity index is 303. The SMILES string of the molecule is CC1CCC(C(=O)C2=CCCCCC2)CC1C. The molecule has 96 valence electrons. The van der Waals surface area contributed by atoms with Crippen LogP contribution in [0.1, 0.15) is 65.2 Å². The summed E-state index contributed by atoms with van der Waals surface area (Å²) in [5, 5.41) is 0. The molecule has 0 aliphatic heterocycles. The Morgan fingerprint density at radius 2 is 1.94 bits per heavy atom. The summed E-state index contributed by atoms with van der Waals surface area (Å²) in [4.78, 5) is 12.5. The molecule has 0 saturated heterocycles. The lowest BCUT2D eigenvalue weighted by atomic mass is 9.73. The fourth-order valence-corrected chi connectivity index (χ4v) is 3.29. The molecule has 0 aromatic rings. The summed E-state index contributed by atoms with van der Waals surface area (Å²) in [5.74, 6) is 2.36. The van der Waals surface area contributed by atoms with Gasteiger partial charge in [0.25, 0.3) is 0 Å². The van der Waals surface area contributed by atoms with Gasteiger partial charge in [0, 0.05) is 5.92 Å². The van der Waals surface area contributed by atoms with Crippen LogP contribution in [0.2, 0.25) is 0 Å². The van der Waals surface area contributed by atoms with Gasteiger partial charge >= 0.3 is 0 Å². The highest BCUT2D eigenvalue weighted by Crippen LogP contribution is 2.35. The number of Topliss-reactive ketones (excluding diaryl/α,β-unsaturated/α-hetero) is 1. The minimum Gasteiger partial charge on any atom is -0.294 e. The fourth-order valence-electron chi connectivity index (χ4n) is 3.29. The van der Waals surface area contributed by atoms with Crippen molar-refractivity contribution in [2.24, 2.45) is 17.8 Å². The second-order valence-corrected chi connectivity index (χ2v) is 6.16. The molecule has 3 unspecified atom stereocenters. The maximum absolute atomic E-state index is 12.5. The molecule has 17 heavy (non-hydrogen) atoms. The van der Waals surface area contributed by atoms with Crippen molar-refractivity contribution in [1.29, 1.82) is 0 Å². The van der Waals surface area contributed by atoms with Crippen LogP contribution in [0.15, 0.2) is 11.6 Å². The van der Waals surface area contributed by atoms with Crippen LogP contribution >= 0.6 is 0 Å². The molecule has 0 aromatic carbocycles. The van der Waals surface area contributed by atoms with Crippen molar-refractivity contribution in [3.05, 3.63) is 11.6 Å². The standard InChI is InChI=1S/C16H26O/c1-12-9-10-15(11-13(12)2)16(17)14-7-5-3-4-6-8-14/h7,12-13,15H,3-6,8-11H2,1-2H3. The summed E-state index contributed by atoms with van der Waals surface area (Å²) < 4.78 is 0. The van der Waals surface area contributed by atoms with E-state index in [-0.39, 0.29) is 0 Å². The first-order valence-electron chi connectivity index (χ1n) is 7.41. The molecule has 2 aliphatic rings. The minimum absolute atomic E-state index is 0.338. The largest absolute Gasteiger partial charge is 0.294 e. The van der Waals surface area contributed by atoms with E-state index in [9.17, 15) is 4.79 Å². The van der Waals surface area contributed by atoms with E-state index in [1.54, 1.807) is 0 Å². The predicted molar refractivity (Wildman–Crippen MR) is 71.8 cm³/mol. The summed E-state index contributed by atoms with van der Waals surface area (Å²) in [6.07, 6.45) is 11.7. The lowest BCUT2D eigenvalue weighted by Gasteiger charge is -2.31. The van der Waals surface area contributed by atoms with Crippen molar-refractivity contribution in [3.63, 3.8) is 0 Å². The molecular weight excluding hydrogens is 208 g/mol. The van der Waals surface area contributed by atoms with Gasteiger partial charge in [0.15, 0.2) is 5.78 Å². The summed E-state index contributed by atoms with van der Waals surface area (Å²) in [5.41, 5.74) is 1.16. The number of hydrogen-bond donors (Lipinski definition) is 0. The molecule has 0 aromatic heterocycles. The van der Waals surface area contributed by atoms with Gasteiger partial charge in [0.1, 0.15) is 0 Å². The molecule has 2 aliphatic carbocycles. The number of carbonyl (C=O) groups is 1. The van der Waals surface area contributed by atoms with E-state index in [0.717, 1.165) is 43.1 Å². The van der Waals surface area contributed by atoms with Gasteiger partial charge in [0.05, 0.1) is 0 Å². The van der Waals surface area contributed by atoms with Gasteiger partial charge in [-0.3, -0.25) is 4.79 Å². The van der Waals surface area contributed by atoms with Gasteiger partial charge in [-0.1, -0.05) is 26.3 Å². The molecular formula is C16H26O. The molecule has 0 radical (unpaired) electrons. The zero-order valence-corrected chi connectivity index (χ0v) is 11.4. The maximum atomic E-state index is 12.5. The smallest absolute Gasteiger partial charge is 0.161 e. The van der Waals surface area contributed by atoms with Crippen LogP contribution < -0.4 is 0 Å². The number of rotatable bonds is 2. The van der Waals surface area contributed by atoms with Crippen LogP contribution in [-0.2, 0) is 4.79 Å². The van der Waals surface area contributed by atoms with E-state index < -0.39 is 0 Å². The van der Waals surface area contributed by atoms with Gasteiger partial charge in [-0.05, 0) is 62.4 Å². The van der Waals surface area contributed by atoms with E-state index in [4.69, 9.17) is 0 Å². The molecule has 3 atom stereocenters. The van der Waals surface area contributed by atoms with Crippen molar-refractivity contribution in [2.75, 3.05) is 0 Å². The minimum atomic E-state index is 0.338. The van der Waals surface area contributed by atoms with E-state index in [2.05, 4.69) is 19.9 Å². The van der Waals surface area contributed by atoms with E-state index in [0.29, 0.717) is 11.7 Å². The van der Waals surface area contributed by atoms with Crippen molar-refractivity contribution >= 4 is 5.78 Å². The molecule has 0 bridgehead atoms. The van der Waals surface area contributed by atoms with Crippen LogP contribution in [0.25, 0.3) is 0 Å². The van der Waals surface area contributed by atoms with Gasteiger partial charge in [-0.25, -0.2) is 0 Å². The molecule has 0 spiro atoms. The highest BCUT2D eigenvalue weighted by Gasteiger charge is 2.30. The lowest BCUT2D eigenvalue weighted by Crippen LogP contribution is -2.27. The number of hydrogen-bond acceptors (Lipinski definition) is 1. The van der Waals surface area contributed by atoms with Crippen LogP contribution in [0, 0.1) is 17.8 Å². The van der Waals surface area contributed by atoms with Crippen LogP contribution in [0.3, 0.4) is 0 Å². The zero-order chi connectivity index (χ0) is 12.3. The first kappa shape index (κ1) is 12.9. The Kier molecular flexibility index (Phi) is 4.42. The van der Waals surface area contributed by atoms with Gasteiger partial charge in [-0.15, -0.1) is 0 Å². The molecule has 0 N–H and O–H groups in total.